The average Bonchev–Trinajstić information content (AvgIpc) is 3.70. The molecule has 380 valence electrons. The fourth-order valence-electron chi connectivity index (χ4n) is 8.08. The summed E-state index contributed by atoms with van der Waals surface area (Å²) in [6.45, 7) is 14.7. The van der Waals surface area contributed by atoms with E-state index in [9.17, 15) is 4.79 Å². The summed E-state index contributed by atoms with van der Waals surface area (Å²) in [5.74, 6) is 1.58. The molecule has 9 heteroatoms. The van der Waals surface area contributed by atoms with E-state index in [-0.39, 0.29) is 18.7 Å². The summed E-state index contributed by atoms with van der Waals surface area (Å²) in [4.78, 5) is 13.1. The zero-order valence-electron chi connectivity index (χ0n) is 43.0. The Balaban J connectivity index is 0. The SMILES string of the molecule is CCCCCC(CCCCC)CCOCCCCCCCCCO.CCCCCC(CCCCC)CCOCCCCCCCCCO.CN(C)CCC(=O)OC[C@@H]1CC[C@H](O)O1. The lowest BCUT2D eigenvalue weighted by molar-refractivity contribution is -0.152. The van der Waals surface area contributed by atoms with E-state index in [4.69, 9.17) is 34.3 Å². The molecule has 0 bridgehead atoms. The molecule has 0 aliphatic carbocycles. The van der Waals surface area contributed by atoms with Crippen molar-refractivity contribution in [1.82, 2.24) is 4.90 Å². The number of carbonyl (C=O) groups excluding carboxylic acids is 1. The average molecular weight is 902 g/mol. The van der Waals surface area contributed by atoms with Crippen molar-refractivity contribution in [2.24, 2.45) is 11.8 Å². The molecule has 1 fully saturated rings. The first-order chi connectivity index (χ1) is 30.8. The number of unbranched alkanes of at least 4 members (excludes halogenated alkanes) is 20. The van der Waals surface area contributed by atoms with Crippen molar-refractivity contribution >= 4 is 5.97 Å². The molecule has 0 aromatic heterocycles. The third-order valence-corrected chi connectivity index (χ3v) is 12.4. The molecule has 0 spiro atoms. The number of aliphatic hydroxyl groups is 3. The van der Waals surface area contributed by atoms with Crippen LogP contribution in [0.1, 0.15) is 252 Å². The van der Waals surface area contributed by atoms with E-state index in [0.29, 0.717) is 32.6 Å². The molecule has 1 aliphatic heterocycles. The van der Waals surface area contributed by atoms with Crippen molar-refractivity contribution in [2.45, 2.75) is 265 Å². The van der Waals surface area contributed by atoms with E-state index in [0.717, 1.165) is 57.5 Å². The highest BCUT2D eigenvalue weighted by atomic mass is 16.6. The summed E-state index contributed by atoms with van der Waals surface area (Å²) in [7, 11) is 3.81. The van der Waals surface area contributed by atoms with E-state index in [1.54, 1.807) is 0 Å². The van der Waals surface area contributed by atoms with Crippen LogP contribution < -0.4 is 0 Å². The molecule has 9 nitrogen and oxygen atoms in total. The van der Waals surface area contributed by atoms with Gasteiger partial charge in [0.1, 0.15) is 6.61 Å². The lowest BCUT2D eigenvalue weighted by Crippen LogP contribution is -2.22. The van der Waals surface area contributed by atoms with Crippen molar-refractivity contribution in [3.05, 3.63) is 0 Å². The van der Waals surface area contributed by atoms with Crippen molar-refractivity contribution in [3.63, 3.8) is 0 Å². The van der Waals surface area contributed by atoms with E-state index in [1.165, 1.54) is 193 Å². The van der Waals surface area contributed by atoms with Crippen molar-refractivity contribution in [1.29, 1.82) is 0 Å². The molecule has 0 amide bonds. The Morgan fingerprint density at radius 2 is 0.905 bits per heavy atom. The summed E-state index contributed by atoms with van der Waals surface area (Å²) in [5, 5.41) is 26.5. The van der Waals surface area contributed by atoms with Crippen LogP contribution in [0, 0.1) is 11.8 Å². The molecule has 1 rings (SSSR count). The van der Waals surface area contributed by atoms with Gasteiger partial charge in [-0.25, -0.2) is 0 Å². The Morgan fingerprint density at radius 3 is 1.24 bits per heavy atom. The molecule has 1 saturated heterocycles. The normalized spacial score (nSPS) is 14.9. The quantitative estimate of drug-likeness (QED) is 0.0405. The molecule has 0 radical (unpaired) electrons. The van der Waals surface area contributed by atoms with Gasteiger partial charge in [0.2, 0.25) is 0 Å². The Bertz CT molecular complexity index is 798. The highest BCUT2D eigenvalue weighted by molar-refractivity contribution is 5.69. The molecule has 0 unspecified atom stereocenters. The predicted molar refractivity (Wildman–Crippen MR) is 267 cm³/mol. The lowest BCUT2D eigenvalue weighted by Gasteiger charge is -2.17. The van der Waals surface area contributed by atoms with Crippen molar-refractivity contribution < 1.29 is 39.1 Å². The van der Waals surface area contributed by atoms with Gasteiger partial charge < -0.3 is 39.2 Å². The minimum Gasteiger partial charge on any atom is -0.463 e. The number of esters is 1. The smallest absolute Gasteiger partial charge is 0.307 e. The zero-order valence-corrected chi connectivity index (χ0v) is 43.0. The van der Waals surface area contributed by atoms with Gasteiger partial charge in [0.05, 0.1) is 12.5 Å². The molecule has 1 aliphatic rings. The molecule has 0 aromatic carbocycles. The summed E-state index contributed by atoms with van der Waals surface area (Å²) in [5.41, 5.74) is 0. The number of rotatable bonds is 45. The van der Waals surface area contributed by atoms with Crippen LogP contribution >= 0.6 is 0 Å². The molecule has 2 atom stereocenters. The highest BCUT2D eigenvalue weighted by Gasteiger charge is 2.24. The largest absolute Gasteiger partial charge is 0.463 e. The molecular formula is C54H111NO8. The van der Waals surface area contributed by atoms with Crippen molar-refractivity contribution in [3.8, 4) is 0 Å². The van der Waals surface area contributed by atoms with E-state index >= 15 is 0 Å². The Hall–Kier alpha value is -0.810. The number of nitrogens with zero attached hydrogens (tertiary/aromatic N) is 1. The minimum atomic E-state index is -0.685. The number of aliphatic hydroxyl groups excluding tert-OH is 3. The number of carbonyl (C=O) groups is 1. The Labute approximate surface area is 392 Å². The first-order valence-corrected chi connectivity index (χ1v) is 27.3. The topological polar surface area (TPSA) is 118 Å². The molecule has 63 heavy (non-hydrogen) atoms. The summed E-state index contributed by atoms with van der Waals surface area (Å²) >= 11 is 0. The fourth-order valence-corrected chi connectivity index (χ4v) is 8.08. The van der Waals surface area contributed by atoms with E-state index < -0.39 is 6.29 Å². The first-order valence-electron chi connectivity index (χ1n) is 27.3. The molecular weight excluding hydrogens is 791 g/mol. The maximum absolute atomic E-state index is 11.2. The van der Waals surface area contributed by atoms with Crippen LogP contribution in [0.4, 0.5) is 0 Å². The maximum atomic E-state index is 11.2. The molecule has 0 saturated carbocycles. The second-order valence-corrected chi connectivity index (χ2v) is 18.9. The maximum Gasteiger partial charge on any atom is 0.307 e. The van der Waals surface area contributed by atoms with Gasteiger partial charge in [0, 0.05) is 52.6 Å². The molecule has 0 aromatic rings. The van der Waals surface area contributed by atoms with Crippen LogP contribution in [0.5, 0.6) is 0 Å². The van der Waals surface area contributed by atoms with Crippen LogP contribution in [-0.4, -0.2) is 105 Å². The van der Waals surface area contributed by atoms with Gasteiger partial charge in [0.15, 0.2) is 6.29 Å². The Kier molecular flexibility index (Phi) is 54.9. The second-order valence-electron chi connectivity index (χ2n) is 18.9. The monoisotopic (exact) mass is 902 g/mol. The first kappa shape index (κ1) is 64.3. The molecule has 1 heterocycles. The van der Waals surface area contributed by atoms with Gasteiger partial charge in [0.25, 0.3) is 0 Å². The van der Waals surface area contributed by atoms with E-state index in [1.807, 2.05) is 19.0 Å². The standard InChI is InChI=1S/2C22H46O2.C10H19NO4/c2*1-3-5-12-16-22(17-13-6-4-2)18-21-24-20-15-11-9-7-8-10-14-19-23;1-11(2)6-5-9(12)14-7-8-3-4-10(13)15-8/h2*22-23H,3-21H2,1-2H3;8,10,13H,3-7H2,1-2H3/t;;8-,10+/m..0/s1. The summed E-state index contributed by atoms with van der Waals surface area (Å²) < 4.78 is 21.9. The highest BCUT2D eigenvalue weighted by Crippen LogP contribution is 2.23. The number of hydrogen-bond donors (Lipinski definition) is 3. The van der Waals surface area contributed by atoms with Crippen molar-refractivity contribution in [2.75, 3.05) is 66.9 Å². The third-order valence-electron chi connectivity index (χ3n) is 12.4. The van der Waals surface area contributed by atoms with Crippen LogP contribution in [-0.2, 0) is 23.7 Å². The van der Waals surface area contributed by atoms with Gasteiger partial charge >= 0.3 is 5.97 Å². The minimum absolute atomic E-state index is 0.136. The van der Waals surface area contributed by atoms with Crippen LogP contribution in [0.15, 0.2) is 0 Å². The van der Waals surface area contributed by atoms with Crippen LogP contribution in [0.3, 0.4) is 0 Å². The predicted octanol–water partition coefficient (Wildman–Crippen LogP) is 13.8. The zero-order chi connectivity index (χ0) is 46.7. The van der Waals surface area contributed by atoms with Gasteiger partial charge in [-0.3, -0.25) is 4.79 Å². The third kappa shape index (κ3) is 52.0. The van der Waals surface area contributed by atoms with Gasteiger partial charge in [-0.1, -0.05) is 195 Å². The lowest BCUT2D eigenvalue weighted by atomic mass is 9.92. The molecule has 3 N–H and O–H groups in total. The van der Waals surface area contributed by atoms with Crippen LogP contribution in [0.25, 0.3) is 0 Å². The summed E-state index contributed by atoms with van der Waals surface area (Å²) in [6.07, 6.45) is 42.8. The van der Waals surface area contributed by atoms with E-state index in [2.05, 4.69) is 27.7 Å². The number of hydrogen-bond acceptors (Lipinski definition) is 9. The van der Waals surface area contributed by atoms with Crippen LogP contribution in [0.2, 0.25) is 0 Å². The van der Waals surface area contributed by atoms with Gasteiger partial charge in [-0.05, 0) is 70.9 Å². The number of ether oxygens (including phenoxy) is 4. The fraction of sp³-hybridized carbons (Fsp3) is 0.981. The van der Waals surface area contributed by atoms with Gasteiger partial charge in [-0.2, -0.15) is 0 Å². The van der Waals surface area contributed by atoms with Gasteiger partial charge in [-0.15, -0.1) is 0 Å². The Morgan fingerprint density at radius 1 is 0.524 bits per heavy atom. The summed E-state index contributed by atoms with van der Waals surface area (Å²) in [6, 6.07) is 0. The second kappa shape index (κ2) is 53.8.